The lowest BCUT2D eigenvalue weighted by atomic mass is 10.1. The van der Waals surface area contributed by atoms with Gasteiger partial charge in [-0.2, -0.15) is 0 Å². The van der Waals surface area contributed by atoms with E-state index in [4.69, 9.17) is 15.6 Å². The fourth-order valence-corrected chi connectivity index (χ4v) is 1.89. The highest BCUT2D eigenvalue weighted by molar-refractivity contribution is 5.83. The minimum Gasteiger partial charge on any atom is -0.480 e. The maximum Gasteiger partial charge on any atom is 0.326 e. The summed E-state index contributed by atoms with van der Waals surface area (Å²) in [5, 5.41) is 11.3. The van der Waals surface area contributed by atoms with Crippen molar-refractivity contribution in [2.24, 2.45) is 5.73 Å². The van der Waals surface area contributed by atoms with Crippen molar-refractivity contribution in [3.8, 4) is 0 Å². The number of likely N-dealkylation sites (tertiary alicyclic amines) is 1. The number of hydrogen-bond acceptors (Lipinski definition) is 4. The summed E-state index contributed by atoms with van der Waals surface area (Å²) in [6, 6.07) is -1.57. The average molecular weight is 273 g/mol. The van der Waals surface area contributed by atoms with E-state index in [2.05, 4.69) is 5.32 Å². The Bertz CT molecular complexity index is 360. The first-order valence-electron chi connectivity index (χ1n) is 6.03. The van der Waals surface area contributed by atoms with Crippen LogP contribution >= 0.6 is 0 Å². The summed E-state index contributed by atoms with van der Waals surface area (Å²) in [6.07, 6.45) is 0.610. The van der Waals surface area contributed by atoms with E-state index >= 15 is 0 Å². The molecule has 2 atom stereocenters. The normalized spacial score (nSPS) is 20.1. The molecule has 19 heavy (non-hydrogen) atoms. The van der Waals surface area contributed by atoms with E-state index in [0.29, 0.717) is 13.1 Å². The summed E-state index contributed by atoms with van der Waals surface area (Å²) in [7, 11) is 1.57. The molecule has 1 rings (SSSR count). The molecule has 1 aliphatic heterocycles. The number of primary amides is 1. The van der Waals surface area contributed by atoms with E-state index in [1.54, 1.807) is 7.11 Å². The third-order valence-corrected chi connectivity index (χ3v) is 3.04. The third-order valence-electron chi connectivity index (χ3n) is 3.04. The molecule has 1 heterocycles. The molecule has 1 fully saturated rings. The Balaban J connectivity index is 2.47. The van der Waals surface area contributed by atoms with Gasteiger partial charge in [-0.3, -0.25) is 4.79 Å². The molecule has 4 N–H and O–H groups in total. The van der Waals surface area contributed by atoms with Crippen molar-refractivity contribution in [2.75, 3.05) is 20.2 Å². The summed E-state index contributed by atoms with van der Waals surface area (Å²) in [6.45, 7) is 0.955. The second-order valence-corrected chi connectivity index (χ2v) is 4.44. The fourth-order valence-electron chi connectivity index (χ4n) is 1.89. The maximum absolute atomic E-state index is 11.8. The largest absolute Gasteiger partial charge is 0.480 e. The Morgan fingerprint density at radius 1 is 1.53 bits per heavy atom. The number of rotatable bonds is 6. The first kappa shape index (κ1) is 15.2. The first-order valence-corrected chi connectivity index (χ1v) is 6.03. The number of carboxylic acids is 1. The standard InChI is InChI=1S/C11H19N3O5/c1-19-7-4-5-14(6-7)11(18)13-8(10(16)17)2-3-9(12)15/h7-8H,2-6H2,1H3,(H2,12,15)(H,13,18)(H,16,17). The summed E-state index contributed by atoms with van der Waals surface area (Å²) < 4.78 is 5.12. The van der Waals surface area contributed by atoms with Gasteiger partial charge in [0.2, 0.25) is 5.91 Å². The minimum absolute atomic E-state index is 0.0142. The molecule has 0 saturated carbocycles. The van der Waals surface area contributed by atoms with E-state index in [1.807, 2.05) is 0 Å². The fraction of sp³-hybridized carbons (Fsp3) is 0.727. The van der Waals surface area contributed by atoms with Crippen LogP contribution in [0.3, 0.4) is 0 Å². The van der Waals surface area contributed by atoms with Gasteiger partial charge < -0.3 is 25.8 Å². The molecule has 2 unspecified atom stereocenters. The van der Waals surface area contributed by atoms with E-state index in [9.17, 15) is 14.4 Å². The van der Waals surface area contributed by atoms with E-state index < -0.39 is 23.9 Å². The zero-order chi connectivity index (χ0) is 14.4. The Labute approximate surface area is 110 Å². The number of methoxy groups -OCH3 is 1. The van der Waals surface area contributed by atoms with Crippen molar-refractivity contribution < 1.29 is 24.2 Å². The molecule has 1 aliphatic rings. The Morgan fingerprint density at radius 3 is 2.68 bits per heavy atom. The molecule has 0 aliphatic carbocycles. The highest BCUT2D eigenvalue weighted by Gasteiger charge is 2.29. The van der Waals surface area contributed by atoms with Crippen LogP contribution in [0, 0.1) is 0 Å². The zero-order valence-electron chi connectivity index (χ0n) is 10.8. The highest BCUT2D eigenvalue weighted by atomic mass is 16.5. The monoisotopic (exact) mass is 273 g/mol. The van der Waals surface area contributed by atoms with Gasteiger partial charge >= 0.3 is 12.0 Å². The lowest BCUT2D eigenvalue weighted by molar-refractivity contribution is -0.139. The van der Waals surface area contributed by atoms with Crippen LogP contribution in [0.1, 0.15) is 19.3 Å². The van der Waals surface area contributed by atoms with E-state index in [1.165, 1.54) is 4.90 Å². The summed E-state index contributed by atoms with van der Waals surface area (Å²) >= 11 is 0. The number of carboxylic acid groups (broad SMARTS) is 1. The molecule has 0 aromatic rings. The number of aliphatic carboxylic acids is 1. The third kappa shape index (κ3) is 4.74. The van der Waals surface area contributed by atoms with Gasteiger partial charge in [-0.15, -0.1) is 0 Å². The molecule has 8 heteroatoms. The number of carbonyl (C=O) groups is 3. The SMILES string of the molecule is COC1CCN(C(=O)NC(CCC(N)=O)C(=O)O)C1. The van der Waals surface area contributed by atoms with Gasteiger partial charge in [0.15, 0.2) is 0 Å². The number of nitrogens with zero attached hydrogens (tertiary/aromatic N) is 1. The second kappa shape index (κ2) is 6.93. The summed E-state index contributed by atoms with van der Waals surface area (Å²) in [5.41, 5.74) is 4.96. The lowest BCUT2D eigenvalue weighted by Gasteiger charge is -2.20. The first-order chi connectivity index (χ1) is 8.93. The van der Waals surface area contributed by atoms with Crippen LogP contribution in [0.4, 0.5) is 4.79 Å². The van der Waals surface area contributed by atoms with Gasteiger partial charge in [-0.05, 0) is 12.8 Å². The van der Waals surface area contributed by atoms with Crippen molar-refractivity contribution in [1.82, 2.24) is 10.2 Å². The van der Waals surface area contributed by atoms with Gasteiger partial charge in [-0.1, -0.05) is 0 Å². The van der Waals surface area contributed by atoms with Crippen LogP contribution in [0.5, 0.6) is 0 Å². The van der Waals surface area contributed by atoms with Crippen LogP contribution in [0.2, 0.25) is 0 Å². The molecule has 0 aromatic carbocycles. The van der Waals surface area contributed by atoms with Gasteiger partial charge in [0.25, 0.3) is 0 Å². The molecule has 0 bridgehead atoms. The number of nitrogens with two attached hydrogens (primary N) is 1. The number of carbonyl (C=O) groups excluding carboxylic acids is 2. The van der Waals surface area contributed by atoms with Crippen LogP contribution in [-0.4, -0.2) is 60.3 Å². The summed E-state index contributed by atoms with van der Waals surface area (Å²) in [4.78, 5) is 35.0. The van der Waals surface area contributed by atoms with Crippen LogP contribution in [0.25, 0.3) is 0 Å². The molecule has 0 radical (unpaired) electrons. The lowest BCUT2D eigenvalue weighted by Crippen LogP contribution is -2.47. The average Bonchev–Trinajstić information content (AvgIpc) is 2.82. The maximum atomic E-state index is 11.8. The smallest absolute Gasteiger partial charge is 0.326 e. The number of hydrogen-bond donors (Lipinski definition) is 3. The van der Waals surface area contributed by atoms with Crippen molar-refractivity contribution in [1.29, 1.82) is 0 Å². The summed E-state index contributed by atoms with van der Waals surface area (Å²) in [5.74, 6) is -1.78. The highest BCUT2D eigenvalue weighted by Crippen LogP contribution is 2.12. The van der Waals surface area contributed by atoms with Crippen molar-refractivity contribution in [3.05, 3.63) is 0 Å². The van der Waals surface area contributed by atoms with Crippen LogP contribution in [-0.2, 0) is 14.3 Å². The van der Waals surface area contributed by atoms with Gasteiger partial charge in [-0.25, -0.2) is 9.59 Å². The molecule has 0 spiro atoms. The number of nitrogens with one attached hydrogen (secondary N) is 1. The van der Waals surface area contributed by atoms with E-state index in [-0.39, 0.29) is 18.9 Å². The number of ether oxygens (including phenoxy) is 1. The van der Waals surface area contributed by atoms with Gasteiger partial charge in [0.05, 0.1) is 6.10 Å². The Hall–Kier alpha value is -1.83. The predicted molar refractivity (Wildman–Crippen MR) is 65.4 cm³/mol. The van der Waals surface area contributed by atoms with Gasteiger partial charge in [0.1, 0.15) is 6.04 Å². The zero-order valence-corrected chi connectivity index (χ0v) is 10.8. The number of urea groups is 1. The molecule has 3 amide bonds. The molecule has 0 aromatic heterocycles. The Morgan fingerprint density at radius 2 is 2.21 bits per heavy atom. The molecular weight excluding hydrogens is 254 g/mol. The molecule has 1 saturated heterocycles. The van der Waals surface area contributed by atoms with Crippen molar-refractivity contribution in [3.63, 3.8) is 0 Å². The molecule has 108 valence electrons. The van der Waals surface area contributed by atoms with Crippen molar-refractivity contribution in [2.45, 2.75) is 31.4 Å². The van der Waals surface area contributed by atoms with Crippen LogP contribution < -0.4 is 11.1 Å². The molecule has 8 nitrogen and oxygen atoms in total. The molecular formula is C11H19N3O5. The predicted octanol–water partition coefficient (Wildman–Crippen LogP) is -0.865. The van der Waals surface area contributed by atoms with Gasteiger partial charge in [0, 0.05) is 26.6 Å². The Kier molecular flexibility index (Phi) is 5.56. The van der Waals surface area contributed by atoms with Crippen LogP contribution in [0.15, 0.2) is 0 Å². The quantitative estimate of drug-likeness (QED) is 0.581. The number of amides is 3. The van der Waals surface area contributed by atoms with Crippen molar-refractivity contribution >= 4 is 17.9 Å². The topological polar surface area (TPSA) is 122 Å². The minimum atomic E-state index is -1.18. The van der Waals surface area contributed by atoms with E-state index in [0.717, 1.165) is 6.42 Å². The second-order valence-electron chi connectivity index (χ2n) is 4.44.